The van der Waals surface area contributed by atoms with Gasteiger partial charge in [-0.3, -0.25) is 9.78 Å². The number of methoxy groups -OCH3 is 1. The fourth-order valence-electron chi connectivity index (χ4n) is 1.46. The molecule has 11 nitrogen and oxygen atoms in total. The number of hydrogen-bond donors (Lipinski definition) is 4. The minimum absolute atomic E-state index is 0.435. The Morgan fingerprint density at radius 1 is 1.39 bits per heavy atom. The van der Waals surface area contributed by atoms with Gasteiger partial charge in [0.05, 0.1) is 26.0 Å². The zero-order valence-electron chi connectivity index (χ0n) is 12.5. The molecule has 0 radical (unpaired) electrons. The molecular formula is C12H18N2O9. The van der Waals surface area contributed by atoms with Crippen LogP contribution in [-0.2, 0) is 14.3 Å². The number of carbonyl (C=O) groups excluding carboxylic acids is 1. The number of H-pyrrole nitrogens is 1. The van der Waals surface area contributed by atoms with Crippen LogP contribution >= 0.6 is 0 Å². The number of nitrogens with zero attached hydrogens (tertiary/aromatic N) is 1. The predicted octanol–water partition coefficient (Wildman–Crippen LogP) is -2.70. The van der Waals surface area contributed by atoms with Crippen LogP contribution in [0.2, 0.25) is 0 Å². The molecule has 0 amide bonds. The van der Waals surface area contributed by atoms with E-state index in [1.165, 1.54) is 6.92 Å². The maximum Gasteiger partial charge on any atom is 0.343 e. The fourth-order valence-corrected chi connectivity index (χ4v) is 1.46. The normalized spacial score (nSPS) is 14.8. The molecule has 0 fully saturated rings. The van der Waals surface area contributed by atoms with Gasteiger partial charge in [-0.2, -0.15) is 0 Å². The molecule has 0 unspecified atom stereocenters. The maximum atomic E-state index is 11.7. The smallest absolute Gasteiger partial charge is 0.343 e. The number of aromatic nitrogens is 2. The van der Waals surface area contributed by atoms with Crippen LogP contribution in [0.3, 0.4) is 0 Å². The van der Waals surface area contributed by atoms with Crippen LogP contribution in [-0.4, -0.2) is 63.4 Å². The highest BCUT2D eigenvalue weighted by atomic mass is 16.6. The Morgan fingerprint density at radius 3 is 2.57 bits per heavy atom. The van der Waals surface area contributed by atoms with Crippen LogP contribution in [0, 0.1) is 0 Å². The number of aliphatic hydroxyl groups excluding tert-OH is 3. The molecule has 0 aromatic carbocycles. The van der Waals surface area contributed by atoms with Gasteiger partial charge in [-0.15, -0.1) is 0 Å². The standard InChI is InChI=1S/C12H18N2O9/c1-6(16)8(4-15)23-12(20)14-3-7(10(18)13-11(14)19)22-5-9(17)21-2/h3,6,8,12,15-16,20H,4-5H2,1-2H3,(H,13,18,19)/t6-,8-,12+/m1/s1. The molecule has 130 valence electrons. The first-order chi connectivity index (χ1) is 10.8. The number of nitrogens with one attached hydrogen (secondary N) is 1. The highest BCUT2D eigenvalue weighted by Crippen LogP contribution is 2.10. The number of hydrogen-bond acceptors (Lipinski definition) is 9. The number of rotatable bonds is 8. The molecule has 1 heterocycles. The number of carbonyl (C=O) groups is 1. The largest absolute Gasteiger partial charge is 0.475 e. The van der Waals surface area contributed by atoms with Crippen LogP contribution < -0.4 is 16.0 Å². The van der Waals surface area contributed by atoms with E-state index in [0.717, 1.165) is 13.3 Å². The second-order valence-corrected chi connectivity index (χ2v) is 4.45. The topological polar surface area (TPSA) is 160 Å². The van der Waals surface area contributed by atoms with Crippen LogP contribution in [0.15, 0.2) is 15.8 Å². The molecule has 11 heteroatoms. The van der Waals surface area contributed by atoms with Gasteiger partial charge in [0.15, 0.2) is 6.61 Å². The summed E-state index contributed by atoms with van der Waals surface area (Å²) < 4.78 is 14.7. The number of esters is 1. The zero-order chi connectivity index (χ0) is 17.6. The van der Waals surface area contributed by atoms with Gasteiger partial charge in [0.1, 0.15) is 6.10 Å². The predicted molar refractivity (Wildman–Crippen MR) is 73.7 cm³/mol. The van der Waals surface area contributed by atoms with E-state index in [1.807, 2.05) is 4.98 Å². The van der Waals surface area contributed by atoms with Gasteiger partial charge in [-0.05, 0) is 6.92 Å². The summed E-state index contributed by atoms with van der Waals surface area (Å²) in [6, 6.07) is 0. The van der Waals surface area contributed by atoms with E-state index in [9.17, 15) is 24.6 Å². The second-order valence-electron chi connectivity index (χ2n) is 4.45. The van der Waals surface area contributed by atoms with Crippen molar-refractivity contribution in [2.75, 3.05) is 20.3 Å². The van der Waals surface area contributed by atoms with E-state index in [1.54, 1.807) is 0 Å². The Bertz CT molecular complexity index is 636. The van der Waals surface area contributed by atoms with E-state index < -0.39 is 54.8 Å². The van der Waals surface area contributed by atoms with Crippen LogP contribution in [0.1, 0.15) is 13.3 Å². The van der Waals surface area contributed by atoms with E-state index in [4.69, 9.17) is 14.6 Å². The Morgan fingerprint density at radius 2 is 2.04 bits per heavy atom. The molecular weight excluding hydrogens is 316 g/mol. The first-order valence-electron chi connectivity index (χ1n) is 6.47. The Kier molecular flexibility index (Phi) is 6.90. The third-order valence-electron chi connectivity index (χ3n) is 2.76. The van der Waals surface area contributed by atoms with Crippen molar-refractivity contribution < 1.29 is 34.3 Å². The lowest BCUT2D eigenvalue weighted by molar-refractivity contribution is -0.214. The number of ether oxygens (including phenoxy) is 3. The third kappa shape index (κ3) is 5.17. The lowest BCUT2D eigenvalue weighted by atomic mass is 10.2. The summed E-state index contributed by atoms with van der Waals surface area (Å²) in [7, 11) is 1.12. The summed E-state index contributed by atoms with van der Waals surface area (Å²) >= 11 is 0. The minimum atomic E-state index is -1.91. The van der Waals surface area contributed by atoms with E-state index >= 15 is 0 Å². The average molecular weight is 334 g/mol. The Labute approximate surface area is 129 Å². The van der Waals surface area contributed by atoms with Crippen molar-refractivity contribution in [3.63, 3.8) is 0 Å². The summed E-state index contributed by atoms with van der Waals surface area (Å²) in [5.74, 6) is -1.19. The Hall–Kier alpha value is -2.21. The summed E-state index contributed by atoms with van der Waals surface area (Å²) in [6.07, 6.45) is -3.37. The van der Waals surface area contributed by atoms with E-state index in [2.05, 4.69) is 4.74 Å². The molecule has 0 spiro atoms. The molecule has 4 N–H and O–H groups in total. The zero-order valence-corrected chi connectivity index (χ0v) is 12.5. The third-order valence-corrected chi connectivity index (χ3v) is 2.76. The highest BCUT2D eigenvalue weighted by Gasteiger charge is 2.21. The second kappa shape index (κ2) is 8.43. The molecule has 0 bridgehead atoms. The Balaban J connectivity index is 3.00. The number of aromatic amines is 1. The van der Waals surface area contributed by atoms with E-state index in [0.29, 0.717) is 4.57 Å². The molecule has 1 aromatic heterocycles. The first kappa shape index (κ1) is 18.8. The van der Waals surface area contributed by atoms with Crippen molar-refractivity contribution in [3.05, 3.63) is 27.0 Å². The highest BCUT2D eigenvalue weighted by molar-refractivity contribution is 5.70. The SMILES string of the molecule is COC(=O)COc1cn([C@@H](O)O[C@H](CO)[C@@H](C)O)c(=O)[nH]c1=O. The van der Waals surface area contributed by atoms with Crippen molar-refractivity contribution in [2.24, 2.45) is 0 Å². The van der Waals surface area contributed by atoms with Crippen LogP contribution in [0.25, 0.3) is 0 Å². The molecule has 1 aromatic rings. The molecule has 0 aliphatic carbocycles. The van der Waals surface area contributed by atoms with Gasteiger partial charge in [0, 0.05) is 0 Å². The van der Waals surface area contributed by atoms with Crippen LogP contribution in [0.4, 0.5) is 0 Å². The summed E-state index contributed by atoms with van der Waals surface area (Å²) in [5.41, 5.74) is -1.94. The van der Waals surface area contributed by atoms with Gasteiger partial charge in [0.2, 0.25) is 12.2 Å². The van der Waals surface area contributed by atoms with E-state index in [-0.39, 0.29) is 0 Å². The average Bonchev–Trinajstić information content (AvgIpc) is 2.50. The minimum Gasteiger partial charge on any atom is -0.475 e. The molecule has 3 atom stereocenters. The van der Waals surface area contributed by atoms with Crippen molar-refractivity contribution in [3.8, 4) is 5.75 Å². The summed E-state index contributed by atoms with van der Waals surface area (Å²) in [4.78, 5) is 36.1. The molecule has 0 aliphatic rings. The first-order valence-corrected chi connectivity index (χ1v) is 6.47. The summed E-state index contributed by atoms with van der Waals surface area (Å²) in [5, 5.41) is 28.2. The van der Waals surface area contributed by atoms with Gasteiger partial charge in [-0.1, -0.05) is 0 Å². The van der Waals surface area contributed by atoms with Gasteiger partial charge >= 0.3 is 11.7 Å². The molecule has 0 saturated carbocycles. The quantitative estimate of drug-likeness (QED) is 0.293. The molecule has 0 saturated heterocycles. The van der Waals surface area contributed by atoms with Gasteiger partial charge in [0.25, 0.3) is 5.56 Å². The molecule has 1 rings (SSSR count). The van der Waals surface area contributed by atoms with Crippen LogP contribution in [0.5, 0.6) is 5.75 Å². The van der Waals surface area contributed by atoms with Gasteiger partial charge < -0.3 is 29.5 Å². The van der Waals surface area contributed by atoms with Crippen molar-refractivity contribution in [1.29, 1.82) is 0 Å². The van der Waals surface area contributed by atoms with Crippen molar-refractivity contribution >= 4 is 5.97 Å². The van der Waals surface area contributed by atoms with Crippen molar-refractivity contribution in [2.45, 2.75) is 25.5 Å². The lowest BCUT2D eigenvalue weighted by Crippen LogP contribution is -2.38. The number of aliphatic hydroxyl groups is 3. The summed E-state index contributed by atoms with van der Waals surface area (Å²) in [6.45, 7) is 0.119. The lowest BCUT2D eigenvalue weighted by Gasteiger charge is -2.23. The molecule has 23 heavy (non-hydrogen) atoms. The fraction of sp³-hybridized carbons (Fsp3) is 0.583. The maximum absolute atomic E-state index is 11.7. The monoisotopic (exact) mass is 334 g/mol. The van der Waals surface area contributed by atoms with Gasteiger partial charge in [-0.25, -0.2) is 14.2 Å². The van der Waals surface area contributed by atoms with Crippen molar-refractivity contribution in [1.82, 2.24) is 9.55 Å². The molecule has 0 aliphatic heterocycles.